The molecule has 2 aromatic rings. The predicted molar refractivity (Wildman–Crippen MR) is 81.8 cm³/mol. The predicted octanol–water partition coefficient (Wildman–Crippen LogP) is 3.20. The van der Waals surface area contributed by atoms with E-state index in [1.54, 1.807) is 50.4 Å². The average molecular weight is 285 g/mol. The molecule has 0 fully saturated rings. The molecule has 0 spiro atoms. The van der Waals surface area contributed by atoms with Gasteiger partial charge < -0.3 is 10.6 Å². The van der Waals surface area contributed by atoms with Crippen LogP contribution in [0, 0.1) is 17.0 Å². The van der Waals surface area contributed by atoms with Gasteiger partial charge in [-0.25, -0.2) is 0 Å². The van der Waals surface area contributed by atoms with Crippen molar-refractivity contribution in [3.05, 3.63) is 63.7 Å². The minimum Gasteiger partial charge on any atom is -0.383 e. The first kappa shape index (κ1) is 14.5. The smallest absolute Gasteiger partial charge is 0.297 e. The molecule has 2 rings (SSSR count). The number of nitro benzene ring substituents is 1. The fourth-order valence-electron chi connectivity index (χ4n) is 2.06. The van der Waals surface area contributed by atoms with Crippen LogP contribution in [-0.2, 0) is 0 Å². The number of nitrogens with one attached hydrogen (secondary N) is 2. The van der Waals surface area contributed by atoms with Crippen molar-refractivity contribution in [3.63, 3.8) is 0 Å². The van der Waals surface area contributed by atoms with Gasteiger partial charge in [0.15, 0.2) is 0 Å². The van der Waals surface area contributed by atoms with E-state index in [-0.39, 0.29) is 11.6 Å². The molecule has 108 valence electrons. The Morgan fingerprint density at radius 2 is 1.71 bits per heavy atom. The van der Waals surface area contributed by atoms with Crippen LogP contribution in [0.15, 0.2) is 42.5 Å². The van der Waals surface area contributed by atoms with Gasteiger partial charge in [0.1, 0.15) is 5.69 Å². The van der Waals surface area contributed by atoms with E-state index >= 15 is 0 Å². The van der Waals surface area contributed by atoms with Gasteiger partial charge in [0.05, 0.1) is 16.2 Å². The first-order valence-corrected chi connectivity index (χ1v) is 6.36. The Balaban J connectivity index is 2.35. The maximum Gasteiger partial charge on any atom is 0.297 e. The highest BCUT2D eigenvalue weighted by atomic mass is 16.6. The number of rotatable bonds is 4. The highest BCUT2D eigenvalue weighted by molar-refractivity contribution is 6.05. The summed E-state index contributed by atoms with van der Waals surface area (Å²) in [5, 5.41) is 16.6. The highest BCUT2D eigenvalue weighted by Gasteiger charge is 2.20. The first-order valence-electron chi connectivity index (χ1n) is 6.36. The van der Waals surface area contributed by atoms with Gasteiger partial charge in [0.2, 0.25) is 0 Å². The quantitative estimate of drug-likeness (QED) is 0.667. The molecule has 6 nitrogen and oxygen atoms in total. The van der Waals surface area contributed by atoms with Gasteiger partial charge in [-0.15, -0.1) is 0 Å². The monoisotopic (exact) mass is 285 g/mol. The number of nitro groups is 1. The minimum absolute atomic E-state index is 0.0386. The summed E-state index contributed by atoms with van der Waals surface area (Å²) < 4.78 is 0. The summed E-state index contributed by atoms with van der Waals surface area (Å²) in [7, 11) is 1.62. The first-order chi connectivity index (χ1) is 10.0. The molecule has 0 heterocycles. The van der Waals surface area contributed by atoms with Crippen LogP contribution < -0.4 is 10.6 Å². The van der Waals surface area contributed by atoms with Crippen LogP contribution >= 0.6 is 0 Å². The lowest BCUT2D eigenvalue weighted by Gasteiger charge is -2.11. The molecule has 0 unspecified atom stereocenters. The standard InChI is InChI=1S/C15H15N3O3/c1-10-12(8-9-13(16-2)14(10)18(20)21)17-15(19)11-6-4-3-5-7-11/h3-9,16H,1-2H3,(H,17,19). The second-order valence-corrected chi connectivity index (χ2v) is 4.46. The zero-order valence-corrected chi connectivity index (χ0v) is 11.7. The number of hydrogen-bond donors (Lipinski definition) is 2. The number of anilines is 2. The van der Waals surface area contributed by atoms with Crippen LogP contribution in [0.4, 0.5) is 17.1 Å². The van der Waals surface area contributed by atoms with Crippen LogP contribution in [-0.4, -0.2) is 17.9 Å². The average Bonchev–Trinajstić information content (AvgIpc) is 2.49. The Kier molecular flexibility index (Phi) is 4.18. The van der Waals surface area contributed by atoms with E-state index in [1.807, 2.05) is 6.07 Å². The molecule has 0 aromatic heterocycles. The van der Waals surface area contributed by atoms with E-state index in [0.717, 1.165) is 0 Å². The molecule has 2 aromatic carbocycles. The molecular formula is C15H15N3O3. The summed E-state index contributed by atoms with van der Waals surface area (Å²) >= 11 is 0. The number of benzene rings is 2. The van der Waals surface area contributed by atoms with Crippen molar-refractivity contribution in [1.29, 1.82) is 0 Å². The Bertz CT molecular complexity index is 684. The summed E-state index contributed by atoms with van der Waals surface area (Å²) in [6.45, 7) is 1.61. The van der Waals surface area contributed by atoms with E-state index in [1.165, 1.54) is 0 Å². The number of carbonyl (C=O) groups excluding carboxylic acids is 1. The van der Waals surface area contributed by atoms with Gasteiger partial charge in [-0.2, -0.15) is 0 Å². The van der Waals surface area contributed by atoms with E-state index < -0.39 is 4.92 Å². The van der Waals surface area contributed by atoms with Crippen molar-refractivity contribution < 1.29 is 9.72 Å². The fraction of sp³-hybridized carbons (Fsp3) is 0.133. The molecule has 1 amide bonds. The normalized spacial score (nSPS) is 10.0. The number of hydrogen-bond acceptors (Lipinski definition) is 4. The SMILES string of the molecule is CNc1ccc(NC(=O)c2ccccc2)c(C)c1[N+](=O)[O-]. The molecule has 6 heteroatoms. The number of carbonyl (C=O) groups is 1. The van der Waals surface area contributed by atoms with Crippen LogP contribution in [0.25, 0.3) is 0 Å². The Labute approximate surface area is 121 Å². The summed E-state index contributed by atoms with van der Waals surface area (Å²) in [6.07, 6.45) is 0. The van der Waals surface area contributed by atoms with Gasteiger partial charge in [-0.3, -0.25) is 14.9 Å². The van der Waals surface area contributed by atoms with Crippen molar-refractivity contribution in [2.45, 2.75) is 6.92 Å². The van der Waals surface area contributed by atoms with Gasteiger partial charge in [-0.1, -0.05) is 18.2 Å². The molecule has 2 N–H and O–H groups in total. The molecule has 0 saturated heterocycles. The maximum absolute atomic E-state index is 12.1. The molecule has 0 bridgehead atoms. The van der Waals surface area contributed by atoms with Crippen LogP contribution in [0.5, 0.6) is 0 Å². The Hall–Kier alpha value is -2.89. The van der Waals surface area contributed by atoms with Crippen molar-refractivity contribution >= 4 is 23.0 Å². The van der Waals surface area contributed by atoms with E-state index in [2.05, 4.69) is 10.6 Å². The summed E-state index contributed by atoms with van der Waals surface area (Å²) in [5.74, 6) is -0.301. The van der Waals surface area contributed by atoms with Crippen molar-refractivity contribution in [2.24, 2.45) is 0 Å². The lowest BCUT2D eigenvalue weighted by atomic mass is 10.1. The van der Waals surface area contributed by atoms with Crippen LogP contribution in [0.3, 0.4) is 0 Å². The molecule has 0 aliphatic heterocycles. The Morgan fingerprint density at radius 1 is 1.10 bits per heavy atom. The summed E-state index contributed by atoms with van der Waals surface area (Å²) in [6, 6.07) is 11.9. The topological polar surface area (TPSA) is 84.3 Å². The van der Waals surface area contributed by atoms with Crippen LogP contribution in [0.1, 0.15) is 15.9 Å². The minimum atomic E-state index is -0.459. The third kappa shape index (κ3) is 3.00. The summed E-state index contributed by atoms with van der Waals surface area (Å²) in [4.78, 5) is 22.8. The lowest BCUT2D eigenvalue weighted by Crippen LogP contribution is -2.13. The third-order valence-electron chi connectivity index (χ3n) is 3.17. The zero-order valence-electron chi connectivity index (χ0n) is 11.7. The molecule has 21 heavy (non-hydrogen) atoms. The van der Waals surface area contributed by atoms with E-state index in [4.69, 9.17) is 0 Å². The third-order valence-corrected chi connectivity index (χ3v) is 3.17. The second kappa shape index (κ2) is 6.04. The van der Waals surface area contributed by atoms with E-state index in [9.17, 15) is 14.9 Å². The fourth-order valence-corrected chi connectivity index (χ4v) is 2.06. The van der Waals surface area contributed by atoms with Gasteiger partial charge in [-0.05, 0) is 31.2 Å². The number of nitrogens with zero attached hydrogens (tertiary/aromatic N) is 1. The molecule has 0 aliphatic rings. The maximum atomic E-state index is 12.1. The van der Waals surface area contributed by atoms with Crippen molar-refractivity contribution in [2.75, 3.05) is 17.7 Å². The largest absolute Gasteiger partial charge is 0.383 e. The molecule has 0 radical (unpaired) electrons. The molecule has 0 saturated carbocycles. The Morgan fingerprint density at radius 3 is 2.29 bits per heavy atom. The van der Waals surface area contributed by atoms with Gasteiger partial charge in [0.25, 0.3) is 11.6 Å². The lowest BCUT2D eigenvalue weighted by molar-refractivity contribution is -0.384. The highest BCUT2D eigenvalue weighted by Crippen LogP contribution is 2.33. The van der Waals surface area contributed by atoms with Crippen LogP contribution in [0.2, 0.25) is 0 Å². The van der Waals surface area contributed by atoms with Gasteiger partial charge >= 0.3 is 0 Å². The molecular weight excluding hydrogens is 270 g/mol. The van der Waals surface area contributed by atoms with E-state index in [0.29, 0.717) is 22.5 Å². The summed E-state index contributed by atoms with van der Waals surface area (Å²) in [5.41, 5.74) is 1.71. The number of amides is 1. The second-order valence-electron chi connectivity index (χ2n) is 4.46. The zero-order chi connectivity index (χ0) is 15.4. The molecule has 0 aliphatic carbocycles. The van der Waals surface area contributed by atoms with Gasteiger partial charge in [0, 0.05) is 12.6 Å². The van der Waals surface area contributed by atoms with Crippen molar-refractivity contribution in [1.82, 2.24) is 0 Å². The van der Waals surface area contributed by atoms with Crippen molar-refractivity contribution in [3.8, 4) is 0 Å². The molecule has 0 atom stereocenters.